The zero-order chi connectivity index (χ0) is 13.3. The monoisotopic (exact) mass is 255 g/mol. The molecule has 18 heavy (non-hydrogen) atoms. The highest BCUT2D eigenvalue weighted by molar-refractivity contribution is 5.93. The first-order valence-corrected chi connectivity index (χ1v) is 5.71. The lowest BCUT2D eigenvalue weighted by atomic mass is 10.1. The minimum Gasteiger partial charge on any atom is -0.367 e. The largest absolute Gasteiger partial charge is 0.367 e. The number of carbonyl (C=O) groups is 1. The Bertz CT molecular complexity index is 471. The second-order valence-corrected chi connectivity index (χ2v) is 4.44. The van der Waals surface area contributed by atoms with Crippen LogP contribution in [0.25, 0.3) is 0 Å². The van der Waals surface area contributed by atoms with Crippen LogP contribution < -0.4 is 10.6 Å². The minimum absolute atomic E-state index is 0.186. The Morgan fingerprint density at radius 2 is 1.78 bits per heavy atom. The molecule has 0 spiro atoms. The summed E-state index contributed by atoms with van der Waals surface area (Å²) in [6.45, 7) is 2.84. The number of piperazine rings is 1. The Morgan fingerprint density at radius 1 is 1.17 bits per heavy atom. The summed E-state index contributed by atoms with van der Waals surface area (Å²) in [5.41, 5.74) is 4.74. The van der Waals surface area contributed by atoms with Gasteiger partial charge in [-0.3, -0.25) is 4.79 Å². The molecule has 0 saturated carbocycles. The van der Waals surface area contributed by atoms with Gasteiger partial charge in [-0.15, -0.1) is 0 Å². The summed E-state index contributed by atoms with van der Waals surface area (Å²) >= 11 is 0. The molecular formula is C12H15F2N3O. The molecule has 4 nitrogen and oxygen atoms in total. The molecule has 0 radical (unpaired) electrons. The second-order valence-electron chi connectivity index (χ2n) is 4.44. The number of likely N-dealkylation sites (N-methyl/N-ethyl adjacent to an activating group) is 1. The third kappa shape index (κ3) is 2.43. The lowest BCUT2D eigenvalue weighted by Gasteiger charge is -2.34. The number of benzene rings is 1. The molecule has 0 unspecified atom stereocenters. The molecule has 1 aromatic rings. The normalized spacial score (nSPS) is 16.9. The third-order valence-corrected chi connectivity index (χ3v) is 3.15. The standard InChI is InChI=1S/C12H15F2N3O/c1-16-2-4-17(5-3-16)11-7-9(13)8(12(15)18)6-10(11)14/h6-7H,2-5H2,1H3,(H2,15,18). The van der Waals surface area contributed by atoms with Gasteiger partial charge >= 0.3 is 0 Å². The molecule has 1 fully saturated rings. The number of rotatable bonds is 2. The molecule has 0 aliphatic carbocycles. The molecule has 1 aromatic carbocycles. The fourth-order valence-electron chi connectivity index (χ4n) is 2.01. The van der Waals surface area contributed by atoms with Gasteiger partial charge in [-0.05, 0) is 13.1 Å². The van der Waals surface area contributed by atoms with Crippen molar-refractivity contribution in [2.45, 2.75) is 0 Å². The summed E-state index contributed by atoms with van der Waals surface area (Å²) in [7, 11) is 1.98. The number of hydrogen-bond donors (Lipinski definition) is 1. The highest BCUT2D eigenvalue weighted by Gasteiger charge is 2.20. The van der Waals surface area contributed by atoms with Crippen molar-refractivity contribution in [1.82, 2.24) is 4.90 Å². The number of amides is 1. The quantitative estimate of drug-likeness (QED) is 0.851. The molecule has 1 amide bonds. The number of halogens is 2. The molecule has 0 atom stereocenters. The molecule has 6 heteroatoms. The van der Waals surface area contributed by atoms with Gasteiger partial charge in [0.15, 0.2) is 0 Å². The van der Waals surface area contributed by atoms with Crippen molar-refractivity contribution in [3.05, 3.63) is 29.3 Å². The van der Waals surface area contributed by atoms with E-state index in [1.54, 1.807) is 4.90 Å². The number of nitrogens with two attached hydrogens (primary N) is 1. The zero-order valence-corrected chi connectivity index (χ0v) is 10.1. The van der Waals surface area contributed by atoms with E-state index < -0.39 is 23.1 Å². The Hall–Kier alpha value is -1.69. The van der Waals surface area contributed by atoms with Gasteiger partial charge in [0, 0.05) is 32.2 Å². The topological polar surface area (TPSA) is 49.6 Å². The van der Waals surface area contributed by atoms with Crippen LogP contribution in [0.15, 0.2) is 12.1 Å². The minimum atomic E-state index is -0.962. The first-order valence-electron chi connectivity index (χ1n) is 5.71. The van der Waals surface area contributed by atoms with Gasteiger partial charge in [0.25, 0.3) is 5.91 Å². The van der Waals surface area contributed by atoms with Crippen LogP contribution in [0.4, 0.5) is 14.5 Å². The Kier molecular flexibility index (Phi) is 3.47. The molecular weight excluding hydrogens is 240 g/mol. The predicted octanol–water partition coefficient (Wildman–Crippen LogP) is 0.816. The molecule has 1 saturated heterocycles. The summed E-state index contributed by atoms with van der Waals surface area (Å²) in [6, 6.07) is 1.91. The number of primary amides is 1. The maximum atomic E-state index is 13.8. The SMILES string of the molecule is CN1CCN(c2cc(F)c(C(N)=O)cc2F)CC1. The number of nitrogens with zero attached hydrogens (tertiary/aromatic N) is 2. The average molecular weight is 255 g/mol. The van der Waals surface area contributed by atoms with Gasteiger partial charge in [-0.1, -0.05) is 0 Å². The molecule has 1 aliphatic heterocycles. The average Bonchev–Trinajstić information content (AvgIpc) is 2.32. The molecule has 0 bridgehead atoms. The number of anilines is 1. The van der Waals surface area contributed by atoms with Crippen LogP contribution in [-0.4, -0.2) is 44.0 Å². The maximum Gasteiger partial charge on any atom is 0.251 e. The highest BCUT2D eigenvalue weighted by Crippen LogP contribution is 2.24. The van der Waals surface area contributed by atoms with Crippen molar-refractivity contribution in [3.63, 3.8) is 0 Å². The van der Waals surface area contributed by atoms with Crippen molar-refractivity contribution in [2.75, 3.05) is 38.1 Å². The van der Waals surface area contributed by atoms with Gasteiger partial charge in [-0.2, -0.15) is 0 Å². The van der Waals surface area contributed by atoms with Crippen molar-refractivity contribution in [3.8, 4) is 0 Å². The van der Waals surface area contributed by atoms with Crippen LogP contribution in [0, 0.1) is 11.6 Å². The van der Waals surface area contributed by atoms with Gasteiger partial charge in [0.2, 0.25) is 0 Å². The Morgan fingerprint density at radius 3 is 2.33 bits per heavy atom. The van der Waals surface area contributed by atoms with Gasteiger partial charge in [-0.25, -0.2) is 8.78 Å². The van der Waals surface area contributed by atoms with E-state index in [1.807, 2.05) is 7.05 Å². The number of carbonyl (C=O) groups excluding carboxylic acids is 1. The summed E-state index contributed by atoms with van der Waals surface area (Å²) in [5, 5.41) is 0. The Labute approximate surface area is 104 Å². The van der Waals surface area contributed by atoms with E-state index in [-0.39, 0.29) is 5.69 Å². The van der Waals surface area contributed by atoms with Crippen LogP contribution in [-0.2, 0) is 0 Å². The summed E-state index contributed by atoms with van der Waals surface area (Å²) in [5.74, 6) is -2.36. The molecule has 98 valence electrons. The van der Waals surface area contributed by atoms with Gasteiger partial charge in [0.05, 0.1) is 11.3 Å². The van der Waals surface area contributed by atoms with Crippen LogP contribution in [0.5, 0.6) is 0 Å². The predicted molar refractivity (Wildman–Crippen MR) is 64.6 cm³/mol. The summed E-state index contributed by atoms with van der Waals surface area (Å²) in [6.07, 6.45) is 0. The molecule has 2 rings (SSSR count). The lowest BCUT2D eigenvalue weighted by molar-refractivity contribution is 0.0996. The van der Waals surface area contributed by atoms with E-state index in [2.05, 4.69) is 4.90 Å². The van der Waals surface area contributed by atoms with Gasteiger partial charge in [0.1, 0.15) is 11.6 Å². The van der Waals surface area contributed by atoms with Crippen molar-refractivity contribution < 1.29 is 13.6 Å². The van der Waals surface area contributed by atoms with E-state index in [0.29, 0.717) is 13.1 Å². The van der Waals surface area contributed by atoms with Crippen molar-refractivity contribution in [2.24, 2.45) is 5.73 Å². The van der Waals surface area contributed by atoms with E-state index in [0.717, 1.165) is 25.2 Å². The van der Waals surface area contributed by atoms with Crippen molar-refractivity contribution in [1.29, 1.82) is 0 Å². The van der Waals surface area contributed by atoms with E-state index in [9.17, 15) is 13.6 Å². The fourth-order valence-corrected chi connectivity index (χ4v) is 2.01. The molecule has 1 aliphatic rings. The van der Waals surface area contributed by atoms with E-state index in [4.69, 9.17) is 5.73 Å². The lowest BCUT2D eigenvalue weighted by Crippen LogP contribution is -2.44. The van der Waals surface area contributed by atoms with E-state index in [1.165, 1.54) is 0 Å². The highest BCUT2D eigenvalue weighted by atomic mass is 19.1. The zero-order valence-electron chi connectivity index (χ0n) is 10.1. The van der Waals surface area contributed by atoms with Crippen molar-refractivity contribution >= 4 is 11.6 Å². The second kappa shape index (κ2) is 4.89. The molecule has 1 heterocycles. The Balaban J connectivity index is 2.29. The third-order valence-electron chi connectivity index (χ3n) is 3.15. The van der Waals surface area contributed by atoms with E-state index >= 15 is 0 Å². The van der Waals surface area contributed by atoms with Crippen LogP contribution in [0.3, 0.4) is 0 Å². The van der Waals surface area contributed by atoms with Crippen LogP contribution >= 0.6 is 0 Å². The fraction of sp³-hybridized carbons (Fsp3) is 0.417. The number of hydrogen-bond acceptors (Lipinski definition) is 3. The van der Waals surface area contributed by atoms with Gasteiger partial charge < -0.3 is 15.5 Å². The van der Waals surface area contributed by atoms with Crippen LogP contribution in [0.2, 0.25) is 0 Å². The summed E-state index contributed by atoms with van der Waals surface area (Å²) in [4.78, 5) is 14.8. The first-order chi connectivity index (χ1) is 8.49. The molecule has 2 N–H and O–H groups in total. The smallest absolute Gasteiger partial charge is 0.251 e. The molecule has 0 aromatic heterocycles. The van der Waals surface area contributed by atoms with Crippen LogP contribution in [0.1, 0.15) is 10.4 Å². The first kappa shape index (κ1) is 12.8. The maximum absolute atomic E-state index is 13.8. The summed E-state index contributed by atoms with van der Waals surface area (Å²) < 4.78 is 27.5.